The Morgan fingerprint density at radius 3 is 2.50 bits per heavy atom. The topological polar surface area (TPSA) is 56.7 Å². The molecule has 0 saturated carbocycles. The lowest BCUT2D eigenvalue weighted by molar-refractivity contribution is 0.558. The summed E-state index contributed by atoms with van der Waals surface area (Å²) in [6, 6.07) is 16.9. The van der Waals surface area contributed by atoms with E-state index >= 15 is 0 Å². The fourth-order valence-electron chi connectivity index (χ4n) is 3.49. The molecule has 4 rings (SSSR count). The summed E-state index contributed by atoms with van der Waals surface area (Å²) in [7, 11) is 0. The molecule has 2 N–H and O–H groups in total. The van der Waals surface area contributed by atoms with Gasteiger partial charge in [-0.3, -0.25) is 9.67 Å². The van der Waals surface area contributed by atoms with Crippen molar-refractivity contribution in [3.05, 3.63) is 71.5 Å². The Labute approximate surface area is 153 Å². The largest absolute Gasteiger partial charge is 0.326 e. The molecule has 2 aromatic heterocycles. The lowest BCUT2D eigenvalue weighted by Crippen LogP contribution is -2.06. The van der Waals surface area contributed by atoms with Crippen LogP contribution in [0.1, 0.15) is 36.6 Å². The molecule has 0 aliphatic heterocycles. The molecule has 4 heteroatoms. The number of aryl methyl sites for hydroxylation is 1. The van der Waals surface area contributed by atoms with E-state index in [0.29, 0.717) is 6.54 Å². The van der Waals surface area contributed by atoms with Gasteiger partial charge >= 0.3 is 0 Å². The Morgan fingerprint density at radius 2 is 1.73 bits per heavy atom. The molecule has 0 fully saturated rings. The molecule has 0 amide bonds. The van der Waals surface area contributed by atoms with E-state index in [2.05, 4.69) is 59.1 Å². The maximum absolute atomic E-state index is 5.73. The summed E-state index contributed by atoms with van der Waals surface area (Å²) in [6.45, 7) is 3.73. The van der Waals surface area contributed by atoms with Crippen LogP contribution in [0.15, 0.2) is 54.7 Å². The molecule has 0 aliphatic carbocycles. The molecule has 0 unspecified atom stereocenters. The average molecular weight is 344 g/mol. The first-order valence-corrected chi connectivity index (χ1v) is 9.31. The molecule has 2 aromatic carbocycles. The van der Waals surface area contributed by atoms with Crippen molar-refractivity contribution in [1.82, 2.24) is 14.8 Å². The van der Waals surface area contributed by atoms with Gasteiger partial charge in [-0.2, -0.15) is 5.10 Å². The lowest BCUT2D eigenvalue weighted by Gasteiger charge is -2.09. The van der Waals surface area contributed by atoms with E-state index in [0.717, 1.165) is 42.4 Å². The van der Waals surface area contributed by atoms with Gasteiger partial charge in [-0.25, -0.2) is 0 Å². The first-order valence-electron chi connectivity index (χ1n) is 9.31. The molecule has 0 atom stereocenters. The second kappa shape index (κ2) is 7.26. The highest BCUT2D eigenvalue weighted by atomic mass is 15.3. The molecular formula is C22H24N4. The summed E-state index contributed by atoms with van der Waals surface area (Å²) in [5.74, 6) is 0. The van der Waals surface area contributed by atoms with E-state index in [-0.39, 0.29) is 0 Å². The summed E-state index contributed by atoms with van der Waals surface area (Å²) in [6.07, 6.45) is 5.04. The Hall–Kier alpha value is -2.72. The molecule has 0 spiro atoms. The van der Waals surface area contributed by atoms with Gasteiger partial charge in [0.25, 0.3) is 0 Å². The van der Waals surface area contributed by atoms with Crippen LogP contribution >= 0.6 is 0 Å². The molecule has 132 valence electrons. The van der Waals surface area contributed by atoms with Crippen molar-refractivity contribution in [2.24, 2.45) is 5.73 Å². The number of benzene rings is 2. The van der Waals surface area contributed by atoms with Crippen LogP contribution in [0.5, 0.6) is 0 Å². The zero-order valence-electron chi connectivity index (χ0n) is 15.2. The van der Waals surface area contributed by atoms with E-state index in [1.807, 2.05) is 12.3 Å². The number of hydrogen-bond donors (Lipinski definition) is 1. The molecule has 4 aromatic rings. The molecule has 2 heterocycles. The number of pyridine rings is 1. The van der Waals surface area contributed by atoms with E-state index in [9.17, 15) is 0 Å². The maximum Gasteiger partial charge on any atom is 0.112 e. The van der Waals surface area contributed by atoms with Crippen LogP contribution in [0.3, 0.4) is 0 Å². The van der Waals surface area contributed by atoms with Crippen molar-refractivity contribution in [3.63, 3.8) is 0 Å². The molecule has 0 radical (unpaired) electrons. The lowest BCUT2D eigenvalue weighted by atomic mass is 10.0. The second-order valence-electron chi connectivity index (χ2n) is 6.76. The van der Waals surface area contributed by atoms with Crippen LogP contribution in [0.4, 0.5) is 0 Å². The molecule has 26 heavy (non-hydrogen) atoms. The molecular weight excluding hydrogens is 320 g/mol. The zero-order valence-corrected chi connectivity index (χ0v) is 15.2. The third-order valence-corrected chi connectivity index (χ3v) is 4.94. The van der Waals surface area contributed by atoms with Crippen LogP contribution in [0, 0.1) is 0 Å². The van der Waals surface area contributed by atoms with Gasteiger partial charge in [0.05, 0.1) is 17.4 Å². The number of para-hydroxylation sites is 1. The highest BCUT2D eigenvalue weighted by Gasteiger charge is 2.15. The summed E-state index contributed by atoms with van der Waals surface area (Å²) in [5, 5.41) is 7.28. The Bertz CT molecular complexity index is 1030. The number of nitrogens with two attached hydrogens (primary N) is 1. The summed E-state index contributed by atoms with van der Waals surface area (Å²) in [5.41, 5.74) is 11.4. The number of fused-ring (bicyclic) bond motifs is 3. The highest BCUT2D eigenvalue weighted by molar-refractivity contribution is 6.05. The van der Waals surface area contributed by atoms with Gasteiger partial charge in [-0.15, -0.1) is 0 Å². The van der Waals surface area contributed by atoms with Gasteiger partial charge < -0.3 is 5.73 Å². The highest BCUT2D eigenvalue weighted by Crippen LogP contribution is 2.28. The quantitative estimate of drug-likeness (QED) is 0.563. The number of hydrogen-bond acceptors (Lipinski definition) is 3. The van der Waals surface area contributed by atoms with Gasteiger partial charge in [0.1, 0.15) is 5.52 Å². The van der Waals surface area contributed by atoms with Crippen LogP contribution in [0.2, 0.25) is 0 Å². The van der Waals surface area contributed by atoms with Crippen molar-refractivity contribution >= 4 is 21.8 Å². The number of aromatic nitrogens is 3. The van der Waals surface area contributed by atoms with Gasteiger partial charge in [0.2, 0.25) is 0 Å². The van der Waals surface area contributed by atoms with Crippen molar-refractivity contribution in [3.8, 4) is 0 Å². The van der Waals surface area contributed by atoms with Gasteiger partial charge in [-0.1, -0.05) is 55.8 Å². The van der Waals surface area contributed by atoms with E-state index in [4.69, 9.17) is 10.8 Å². The summed E-state index contributed by atoms with van der Waals surface area (Å²) < 4.78 is 2.18. The van der Waals surface area contributed by atoms with Crippen molar-refractivity contribution in [2.45, 2.75) is 39.3 Å². The summed E-state index contributed by atoms with van der Waals surface area (Å²) in [4.78, 5) is 4.58. The smallest absolute Gasteiger partial charge is 0.112 e. The minimum absolute atomic E-state index is 0.577. The number of unbranched alkanes of at least 4 members (excludes halogenated alkanes) is 1. The molecule has 4 nitrogen and oxygen atoms in total. The monoisotopic (exact) mass is 344 g/mol. The van der Waals surface area contributed by atoms with Gasteiger partial charge in [-0.05, 0) is 23.6 Å². The molecule has 0 bridgehead atoms. The van der Waals surface area contributed by atoms with E-state index in [1.54, 1.807) is 0 Å². The van der Waals surface area contributed by atoms with E-state index in [1.165, 1.54) is 22.0 Å². The van der Waals surface area contributed by atoms with Gasteiger partial charge in [0.15, 0.2) is 0 Å². The standard InChI is InChI=1S/C22H24N4/c1-2-3-12-26-21(13-16-8-10-17(14-23)11-9-16)22-18-6-4-5-7-19(18)24-15-20(22)25-26/h4-11,15H,2-3,12-14,23H2,1H3. The van der Waals surface area contributed by atoms with Crippen molar-refractivity contribution in [1.29, 1.82) is 0 Å². The van der Waals surface area contributed by atoms with Crippen LogP contribution in [-0.2, 0) is 19.5 Å². The first kappa shape index (κ1) is 16.7. The van der Waals surface area contributed by atoms with Crippen molar-refractivity contribution < 1.29 is 0 Å². The minimum Gasteiger partial charge on any atom is -0.326 e. The Balaban J connectivity index is 1.86. The normalized spacial score (nSPS) is 11.5. The maximum atomic E-state index is 5.73. The fourth-order valence-corrected chi connectivity index (χ4v) is 3.49. The van der Waals surface area contributed by atoms with Crippen LogP contribution in [-0.4, -0.2) is 14.8 Å². The molecule has 0 saturated heterocycles. The summed E-state index contributed by atoms with van der Waals surface area (Å²) >= 11 is 0. The van der Waals surface area contributed by atoms with Crippen LogP contribution in [0.25, 0.3) is 21.8 Å². The minimum atomic E-state index is 0.577. The third kappa shape index (κ3) is 3.08. The first-order chi connectivity index (χ1) is 12.8. The SMILES string of the molecule is CCCCn1nc2cnc3ccccc3c2c1Cc1ccc(CN)cc1. The zero-order chi connectivity index (χ0) is 17.9. The predicted octanol–water partition coefficient (Wildman–Crippen LogP) is 4.43. The number of rotatable bonds is 6. The second-order valence-corrected chi connectivity index (χ2v) is 6.76. The van der Waals surface area contributed by atoms with Gasteiger partial charge in [0, 0.05) is 30.3 Å². The Kier molecular flexibility index (Phi) is 4.67. The van der Waals surface area contributed by atoms with Crippen molar-refractivity contribution in [2.75, 3.05) is 0 Å². The van der Waals surface area contributed by atoms with Crippen LogP contribution < -0.4 is 5.73 Å². The van der Waals surface area contributed by atoms with E-state index < -0.39 is 0 Å². The Morgan fingerprint density at radius 1 is 0.962 bits per heavy atom. The fraction of sp³-hybridized carbons (Fsp3) is 0.273. The average Bonchev–Trinajstić information content (AvgIpc) is 3.04. The number of nitrogens with zero attached hydrogens (tertiary/aromatic N) is 3. The molecule has 0 aliphatic rings. The predicted molar refractivity (Wildman–Crippen MR) is 107 cm³/mol. The third-order valence-electron chi connectivity index (χ3n) is 4.94.